The summed E-state index contributed by atoms with van der Waals surface area (Å²) < 4.78 is 18.8. The SMILES string of the molecule is COc1ccc(C(=O)NCCCc2nc3ccccc3n2CCCCOc2cccc(C)c2)cc1OC. The standard InChI is InChI=1S/C30H35N3O4/c1-22-10-8-11-24(20-22)37-19-7-6-18-33-26-13-5-4-12-25(26)32-29(33)14-9-17-31-30(34)23-15-16-27(35-2)28(21-23)36-3/h4-5,8,10-13,15-16,20-21H,6-7,9,14,17-19H2,1-3H3,(H,31,34). The average molecular weight is 502 g/mol. The second kappa shape index (κ2) is 12.8. The van der Waals surface area contributed by atoms with E-state index in [1.807, 2.05) is 18.2 Å². The fraction of sp³-hybridized carbons (Fsp3) is 0.333. The van der Waals surface area contributed by atoms with Crippen LogP contribution in [0.5, 0.6) is 17.2 Å². The van der Waals surface area contributed by atoms with Gasteiger partial charge in [-0.25, -0.2) is 4.98 Å². The minimum absolute atomic E-state index is 0.136. The Hall–Kier alpha value is -4.00. The van der Waals surface area contributed by atoms with Gasteiger partial charge in [-0.3, -0.25) is 4.79 Å². The smallest absolute Gasteiger partial charge is 0.251 e. The summed E-state index contributed by atoms with van der Waals surface area (Å²) in [4.78, 5) is 17.5. The molecule has 1 N–H and O–H groups in total. The largest absolute Gasteiger partial charge is 0.494 e. The summed E-state index contributed by atoms with van der Waals surface area (Å²) >= 11 is 0. The normalized spacial score (nSPS) is 10.9. The maximum atomic E-state index is 12.6. The number of aryl methyl sites for hydroxylation is 3. The van der Waals surface area contributed by atoms with E-state index in [9.17, 15) is 4.79 Å². The van der Waals surface area contributed by atoms with Gasteiger partial charge in [0.1, 0.15) is 11.6 Å². The molecule has 0 aliphatic carbocycles. The van der Waals surface area contributed by atoms with Crippen LogP contribution in [0.1, 0.15) is 41.0 Å². The maximum Gasteiger partial charge on any atom is 0.251 e. The number of carbonyl (C=O) groups excluding carboxylic acids is 1. The molecule has 194 valence electrons. The number of ether oxygens (including phenoxy) is 3. The van der Waals surface area contributed by atoms with Crippen LogP contribution in [-0.2, 0) is 13.0 Å². The number of methoxy groups -OCH3 is 2. The number of fused-ring (bicyclic) bond motifs is 1. The highest BCUT2D eigenvalue weighted by atomic mass is 16.5. The zero-order valence-corrected chi connectivity index (χ0v) is 21.8. The van der Waals surface area contributed by atoms with Crippen molar-refractivity contribution in [3.05, 3.63) is 83.7 Å². The van der Waals surface area contributed by atoms with Crippen molar-refractivity contribution in [3.63, 3.8) is 0 Å². The number of aromatic nitrogens is 2. The lowest BCUT2D eigenvalue weighted by Gasteiger charge is -2.11. The van der Waals surface area contributed by atoms with Crippen LogP contribution in [0.2, 0.25) is 0 Å². The molecule has 0 spiro atoms. The highest BCUT2D eigenvalue weighted by molar-refractivity contribution is 5.94. The molecule has 7 nitrogen and oxygen atoms in total. The van der Waals surface area contributed by atoms with Crippen LogP contribution in [-0.4, -0.2) is 42.8 Å². The lowest BCUT2D eigenvalue weighted by atomic mass is 10.2. The monoisotopic (exact) mass is 501 g/mol. The quantitative estimate of drug-likeness (QED) is 0.242. The summed E-state index contributed by atoms with van der Waals surface area (Å²) in [7, 11) is 3.13. The lowest BCUT2D eigenvalue weighted by Crippen LogP contribution is -2.25. The fourth-order valence-corrected chi connectivity index (χ4v) is 4.36. The Bertz CT molecular complexity index is 1330. The molecule has 0 aliphatic rings. The summed E-state index contributed by atoms with van der Waals surface area (Å²) in [6, 6.07) is 21.5. The van der Waals surface area contributed by atoms with Crippen molar-refractivity contribution in [2.75, 3.05) is 27.4 Å². The highest BCUT2D eigenvalue weighted by Crippen LogP contribution is 2.27. The van der Waals surface area contributed by atoms with E-state index in [1.54, 1.807) is 32.4 Å². The fourth-order valence-electron chi connectivity index (χ4n) is 4.36. The first-order chi connectivity index (χ1) is 18.1. The number of carbonyl (C=O) groups is 1. The van der Waals surface area contributed by atoms with Crippen molar-refractivity contribution in [1.82, 2.24) is 14.9 Å². The van der Waals surface area contributed by atoms with Gasteiger partial charge >= 0.3 is 0 Å². The second-order valence-electron chi connectivity index (χ2n) is 8.97. The highest BCUT2D eigenvalue weighted by Gasteiger charge is 2.12. The molecular formula is C30H35N3O4. The molecule has 0 saturated heterocycles. The van der Waals surface area contributed by atoms with E-state index in [4.69, 9.17) is 19.2 Å². The van der Waals surface area contributed by atoms with Crippen LogP contribution in [0, 0.1) is 6.92 Å². The van der Waals surface area contributed by atoms with E-state index >= 15 is 0 Å². The number of rotatable bonds is 13. The predicted molar refractivity (Wildman–Crippen MR) is 146 cm³/mol. The predicted octanol–water partition coefficient (Wildman–Crippen LogP) is 5.58. The molecular weight excluding hydrogens is 466 g/mol. The number of nitrogens with one attached hydrogen (secondary N) is 1. The van der Waals surface area contributed by atoms with Crippen molar-refractivity contribution in [3.8, 4) is 17.2 Å². The average Bonchev–Trinajstić information content (AvgIpc) is 3.27. The third-order valence-electron chi connectivity index (χ3n) is 6.28. The van der Waals surface area contributed by atoms with Crippen LogP contribution >= 0.6 is 0 Å². The second-order valence-corrected chi connectivity index (χ2v) is 8.97. The van der Waals surface area contributed by atoms with Gasteiger partial charge in [0.25, 0.3) is 5.91 Å². The molecule has 7 heteroatoms. The van der Waals surface area contributed by atoms with Crippen molar-refractivity contribution in [1.29, 1.82) is 0 Å². The van der Waals surface area contributed by atoms with Gasteiger partial charge in [0, 0.05) is 25.1 Å². The van der Waals surface area contributed by atoms with Gasteiger partial charge < -0.3 is 24.1 Å². The number of nitrogens with zero attached hydrogens (tertiary/aromatic N) is 2. The number of hydrogen-bond donors (Lipinski definition) is 1. The zero-order chi connectivity index (χ0) is 26.0. The van der Waals surface area contributed by atoms with Gasteiger partial charge in [-0.15, -0.1) is 0 Å². The molecule has 0 saturated carbocycles. The minimum atomic E-state index is -0.136. The van der Waals surface area contributed by atoms with E-state index in [0.717, 1.165) is 54.8 Å². The summed E-state index contributed by atoms with van der Waals surface area (Å²) in [5.74, 6) is 2.96. The summed E-state index contributed by atoms with van der Waals surface area (Å²) in [6.07, 6.45) is 3.52. The Morgan fingerprint density at radius 1 is 0.919 bits per heavy atom. The molecule has 0 unspecified atom stereocenters. The van der Waals surface area contributed by atoms with Crippen LogP contribution < -0.4 is 19.5 Å². The van der Waals surface area contributed by atoms with E-state index < -0.39 is 0 Å². The number of imidazole rings is 1. The Balaban J connectivity index is 1.29. The topological polar surface area (TPSA) is 74.6 Å². The molecule has 4 aromatic rings. The Labute approximate surface area is 218 Å². The maximum absolute atomic E-state index is 12.6. The van der Waals surface area contributed by atoms with Crippen molar-refractivity contribution in [2.24, 2.45) is 0 Å². The molecule has 3 aromatic carbocycles. The Morgan fingerprint density at radius 3 is 2.57 bits per heavy atom. The molecule has 0 bridgehead atoms. The molecule has 0 aliphatic heterocycles. The lowest BCUT2D eigenvalue weighted by molar-refractivity contribution is 0.0952. The zero-order valence-electron chi connectivity index (χ0n) is 21.8. The van der Waals surface area contributed by atoms with Gasteiger partial charge in [-0.1, -0.05) is 24.3 Å². The first-order valence-corrected chi connectivity index (χ1v) is 12.7. The van der Waals surface area contributed by atoms with Crippen molar-refractivity contribution < 1.29 is 19.0 Å². The van der Waals surface area contributed by atoms with Gasteiger partial charge in [0.05, 0.1) is 31.9 Å². The number of benzene rings is 3. The van der Waals surface area contributed by atoms with E-state index in [2.05, 4.69) is 47.1 Å². The third kappa shape index (κ3) is 6.82. The third-order valence-corrected chi connectivity index (χ3v) is 6.28. The molecule has 1 heterocycles. The number of para-hydroxylation sites is 2. The molecule has 37 heavy (non-hydrogen) atoms. The Morgan fingerprint density at radius 2 is 1.76 bits per heavy atom. The Kier molecular flexibility index (Phi) is 9.03. The minimum Gasteiger partial charge on any atom is -0.494 e. The first kappa shape index (κ1) is 26.1. The van der Waals surface area contributed by atoms with E-state index in [0.29, 0.717) is 30.2 Å². The summed E-state index contributed by atoms with van der Waals surface area (Å²) in [6.45, 7) is 4.19. The number of amides is 1. The van der Waals surface area contributed by atoms with Gasteiger partial charge in [0.15, 0.2) is 11.5 Å². The molecule has 0 radical (unpaired) electrons. The first-order valence-electron chi connectivity index (χ1n) is 12.7. The van der Waals surface area contributed by atoms with Crippen molar-refractivity contribution in [2.45, 2.75) is 39.2 Å². The molecule has 4 rings (SSSR count). The number of hydrogen-bond acceptors (Lipinski definition) is 5. The van der Waals surface area contributed by atoms with E-state index in [1.165, 1.54) is 5.56 Å². The van der Waals surface area contributed by atoms with Crippen LogP contribution in [0.3, 0.4) is 0 Å². The van der Waals surface area contributed by atoms with Gasteiger partial charge in [-0.2, -0.15) is 0 Å². The summed E-state index contributed by atoms with van der Waals surface area (Å²) in [5, 5.41) is 3.00. The van der Waals surface area contributed by atoms with Gasteiger partial charge in [0.2, 0.25) is 0 Å². The molecule has 1 aromatic heterocycles. The van der Waals surface area contributed by atoms with E-state index in [-0.39, 0.29) is 5.91 Å². The van der Waals surface area contributed by atoms with Crippen molar-refractivity contribution >= 4 is 16.9 Å². The molecule has 0 atom stereocenters. The van der Waals surface area contributed by atoms with Crippen LogP contribution in [0.4, 0.5) is 0 Å². The van der Waals surface area contributed by atoms with Crippen LogP contribution in [0.15, 0.2) is 66.7 Å². The number of unbranched alkanes of at least 4 members (excludes halogenated alkanes) is 1. The van der Waals surface area contributed by atoms with Crippen LogP contribution in [0.25, 0.3) is 11.0 Å². The molecule has 0 fully saturated rings. The van der Waals surface area contributed by atoms with Gasteiger partial charge in [-0.05, 0) is 74.2 Å². The molecule has 1 amide bonds. The summed E-state index contributed by atoms with van der Waals surface area (Å²) in [5.41, 5.74) is 3.89.